The normalized spacial score (nSPS) is 18.3. The van der Waals surface area contributed by atoms with Gasteiger partial charge in [-0.2, -0.15) is 13.2 Å². The summed E-state index contributed by atoms with van der Waals surface area (Å²) in [5, 5.41) is 5.25. The summed E-state index contributed by atoms with van der Waals surface area (Å²) in [6.45, 7) is 1.84. The number of aliphatic imine (C=N–C) groups is 1. The van der Waals surface area contributed by atoms with Crippen molar-refractivity contribution in [3.8, 4) is 11.8 Å². The molecule has 0 saturated carbocycles. The summed E-state index contributed by atoms with van der Waals surface area (Å²) in [5.41, 5.74) is 6.44. The second kappa shape index (κ2) is 15.4. The molecule has 4 rings (SSSR count). The SMILES string of the molecule is CCN1C(=O)C(NC(=O)c2cccc(C(F)(F)F)c2)C(c2ccc(F)cc2)/C(=C(/N)CNC(=O)C#CCN(C)C)C1=Nc1ccccc1. The van der Waals surface area contributed by atoms with Crippen LogP contribution in [0.5, 0.6) is 0 Å². The molecule has 3 aromatic carbocycles. The molecule has 250 valence electrons. The maximum atomic E-state index is 14.2. The Bertz CT molecular complexity index is 1780. The number of carbonyl (C=O) groups is 3. The van der Waals surface area contributed by atoms with Crippen molar-refractivity contribution in [1.29, 1.82) is 0 Å². The number of nitrogens with two attached hydrogens (primary N) is 1. The summed E-state index contributed by atoms with van der Waals surface area (Å²) in [6, 6.07) is 16.2. The molecule has 9 nitrogen and oxygen atoms in total. The Labute approximate surface area is 275 Å². The lowest BCUT2D eigenvalue weighted by atomic mass is 9.78. The minimum absolute atomic E-state index is 0.0611. The van der Waals surface area contributed by atoms with Crippen LogP contribution in [0.2, 0.25) is 0 Å². The fourth-order valence-electron chi connectivity index (χ4n) is 5.09. The van der Waals surface area contributed by atoms with E-state index in [1.165, 1.54) is 35.2 Å². The number of piperidine rings is 1. The molecule has 0 bridgehead atoms. The first-order valence-corrected chi connectivity index (χ1v) is 14.9. The molecular formula is C35H34F4N6O3. The Hall–Kier alpha value is -5.48. The first-order valence-electron chi connectivity index (χ1n) is 14.9. The number of amidine groups is 1. The topological polar surface area (TPSA) is 120 Å². The number of benzene rings is 3. The number of nitrogens with one attached hydrogen (secondary N) is 2. The number of likely N-dealkylation sites (tertiary alicyclic amines) is 1. The van der Waals surface area contributed by atoms with Crippen molar-refractivity contribution in [3.63, 3.8) is 0 Å². The van der Waals surface area contributed by atoms with Crippen molar-refractivity contribution in [2.45, 2.75) is 25.1 Å². The number of likely N-dealkylation sites (N-methyl/N-ethyl adjacent to an activating group) is 1. The quantitative estimate of drug-likeness (QED) is 0.247. The molecule has 3 aromatic rings. The van der Waals surface area contributed by atoms with Crippen LogP contribution in [-0.4, -0.2) is 73.1 Å². The Balaban J connectivity index is 1.88. The van der Waals surface area contributed by atoms with E-state index < -0.39 is 47.2 Å². The van der Waals surface area contributed by atoms with E-state index in [2.05, 4.69) is 22.5 Å². The van der Waals surface area contributed by atoms with Crippen LogP contribution in [0.3, 0.4) is 0 Å². The van der Waals surface area contributed by atoms with Gasteiger partial charge in [0.2, 0.25) is 0 Å². The second-order valence-corrected chi connectivity index (χ2v) is 11.1. The Morgan fingerprint density at radius 2 is 1.71 bits per heavy atom. The third-order valence-electron chi connectivity index (χ3n) is 7.33. The number of amides is 3. The zero-order valence-electron chi connectivity index (χ0n) is 26.4. The van der Waals surface area contributed by atoms with Gasteiger partial charge >= 0.3 is 6.18 Å². The maximum Gasteiger partial charge on any atom is 0.416 e. The monoisotopic (exact) mass is 662 g/mol. The number of nitrogens with zero attached hydrogens (tertiary/aromatic N) is 3. The number of hydrogen-bond acceptors (Lipinski definition) is 6. The molecule has 0 aromatic heterocycles. The minimum atomic E-state index is -4.71. The molecule has 1 aliphatic heterocycles. The molecule has 0 radical (unpaired) electrons. The van der Waals surface area contributed by atoms with Crippen molar-refractivity contribution < 1.29 is 31.9 Å². The van der Waals surface area contributed by atoms with Crippen LogP contribution in [0, 0.1) is 17.7 Å². The van der Waals surface area contributed by atoms with Gasteiger partial charge in [-0.15, -0.1) is 0 Å². The Kier molecular flexibility index (Phi) is 11.4. The summed E-state index contributed by atoms with van der Waals surface area (Å²) in [7, 11) is 3.59. The lowest BCUT2D eigenvalue weighted by Gasteiger charge is -2.41. The van der Waals surface area contributed by atoms with Crippen molar-refractivity contribution in [3.05, 3.63) is 113 Å². The van der Waals surface area contributed by atoms with E-state index >= 15 is 0 Å². The van der Waals surface area contributed by atoms with Gasteiger partial charge in [0.25, 0.3) is 17.7 Å². The molecular weight excluding hydrogens is 628 g/mol. The van der Waals surface area contributed by atoms with Gasteiger partial charge in [0.05, 0.1) is 24.3 Å². The zero-order chi connectivity index (χ0) is 35.0. The number of carbonyl (C=O) groups excluding carboxylic acids is 3. The first-order chi connectivity index (χ1) is 22.8. The van der Waals surface area contributed by atoms with Crippen LogP contribution in [0.25, 0.3) is 0 Å². The Morgan fingerprint density at radius 1 is 1.02 bits per heavy atom. The van der Waals surface area contributed by atoms with Gasteiger partial charge < -0.3 is 16.4 Å². The molecule has 1 heterocycles. The van der Waals surface area contributed by atoms with Crippen molar-refractivity contribution >= 4 is 29.2 Å². The molecule has 2 unspecified atom stereocenters. The highest BCUT2D eigenvalue weighted by atomic mass is 19.4. The zero-order valence-corrected chi connectivity index (χ0v) is 26.4. The smallest absolute Gasteiger partial charge is 0.400 e. The van der Waals surface area contributed by atoms with E-state index in [-0.39, 0.29) is 35.8 Å². The van der Waals surface area contributed by atoms with E-state index in [0.717, 1.165) is 12.1 Å². The lowest BCUT2D eigenvalue weighted by Crippen LogP contribution is -2.59. The Morgan fingerprint density at radius 3 is 2.33 bits per heavy atom. The number of halogens is 4. The van der Waals surface area contributed by atoms with Crippen LogP contribution in [0.1, 0.15) is 34.3 Å². The summed E-state index contributed by atoms with van der Waals surface area (Å²) >= 11 is 0. The van der Waals surface area contributed by atoms with Gasteiger partial charge in [-0.3, -0.25) is 24.2 Å². The van der Waals surface area contributed by atoms with E-state index in [1.807, 2.05) is 0 Å². The van der Waals surface area contributed by atoms with Crippen molar-refractivity contribution in [2.24, 2.45) is 10.7 Å². The summed E-state index contributed by atoms with van der Waals surface area (Å²) in [4.78, 5) is 48.1. The summed E-state index contributed by atoms with van der Waals surface area (Å²) in [5.74, 6) is 1.46. The van der Waals surface area contributed by atoms with Gasteiger partial charge in [0.1, 0.15) is 17.7 Å². The van der Waals surface area contributed by atoms with Crippen LogP contribution >= 0.6 is 0 Å². The molecule has 0 aliphatic carbocycles. The molecule has 0 spiro atoms. The molecule has 2 atom stereocenters. The van der Waals surface area contributed by atoms with E-state index in [1.54, 1.807) is 56.3 Å². The number of para-hydroxylation sites is 1. The molecule has 48 heavy (non-hydrogen) atoms. The van der Waals surface area contributed by atoms with Gasteiger partial charge in [-0.1, -0.05) is 42.3 Å². The van der Waals surface area contributed by atoms with E-state index in [0.29, 0.717) is 23.9 Å². The molecule has 3 amide bonds. The van der Waals surface area contributed by atoms with Crippen LogP contribution in [0.15, 0.2) is 95.1 Å². The van der Waals surface area contributed by atoms with Crippen molar-refractivity contribution in [1.82, 2.24) is 20.4 Å². The van der Waals surface area contributed by atoms with Gasteiger partial charge in [0, 0.05) is 29.3 Å². The highest BCUT2D eigenvalue weighted by molar-refractivity contribution is 6.16. The standard InChI is InChI=1S/C35H34F4N6O3/c1-4-45-32(42-26-12-6-5-7-13-26)30(27(40)21-41-28(46)14-9-19-44(2)3)29(22-15-17-25(36)18-16-22)31(34(45)48)43-33(47)23-10-8-11-24(20-23)35(37,38)39/h5-8,10-13,15-18,20,29,31H,4,19,21,40H2,1-3H3,(H,41,46)(H,43,47)/b30-27-,42-32?. The molecule has 1 saturated heterocycles. The number of rotatable bonds is 8. The third-order valence-corrected chi connectivity index (χ3v) is 7.33. The molecule has 1 aliphatic rings. The predicted octanol–water partition coefficient (Wildman–Crippen LogP) is 4.21. The first kappa shape index (κ1) is 35.4. The number of hydrogen-bond donors (Lipinski definition) is 3. The molecule has 4 N–H and O–H groups in total. The summed E-state index contributed by atoms with van der Waals surface area (Å²) in [6.07, 6.45) is -4.71. The largest absolute Gasteiger partial charge is 0.416 e. The highest BCUT2D eigenvalue weighted by Gasteiger charge is 2.46. The molecule has 1 fully saturated rings. The van der Waals surface area contributed by atoms with Gasteiger partial charge in [0.15, 0.2) is 0 Å². The minimum Gasteiger partial charge on any atom is -0.400 e. The van der Waals surface area contributed by atoms with Crippen LogP contribution in [-0.2, 0) is 15.8 Å². The average Bonchev–Trinajstić information content (AvgIpc) is 3.05. The molecule has 13 heteroatoms. The van der Waals surface area contributed by atoms with E-state index in [9.17, 15) is 31.9 Å². The van der Waals surface area contributed by atoms with Crippen molar-refractivity contribution in [2.75, 3.05) is 33.7 Å². The second-order valence-electron chi connectivity index (χ2n) is 11.1. The average molecular weight is 663 g/mol. The lowest BCUT2D eigenvalue weighted by molar-refractivity contribution is -0.137. The van der Waals surface area contributed by atoms with Crippen LogP contribution in [0.4, 0.5) is 23.2 Å². The van der Waals surface area contributed by atoms with Crippen LogP contribution < -0.4 is 16.4 Å². The number of alkyl halides is 3. The predicted molar refractivity (Wildman–Crippen MR) is 173 cm³/mol. The summed E-state index contributed by atoms with van der Waals surface area (Å²) < 4.78 is 54.5. The van der Waals surface area contributed by atoms with Gasteiger partial charge in [-0.05, 0) is 75.0 Å². The fraction of sp³-hybridized carbons (Fsp3) is 0.257. The third kappa shape index (κ3) is 8.65. The maximum absolute atomic E-state index is 14.2. The highest BCUT2D eigenvalue weighted by Crippen LogP contribution is 2.38. The van der Waals surface area contributed by atoms with E-state index in [4.69, 9.17) is 10.7 Å². The van der Waals surface area contributed by atoms with Gasteiger partial charge in [-0.25, -0.2) is 9.38 Å². The fourth-order valence-corrected chi connectivity index (χ4v) is 5.09.